The lowest BCUT2D eigenvalue weighted by Gasteiger charge is -2.07. The molecule has 3 aromatic rings. The maximum atomic E-state index is 12.2. The van der Waals surface area contributed by atoms with E-state index in [1.807, 2.05) is 12.1 Å². The van der Waals surface area contributed by atoms with Gasteiger partial charge in [-0.2, -0.15) is 0 Å². The van der Waals surface area contributed by atoms with Gasteiger partial charge in [0.25, 0.3) is 5.91 Å². The predicted molar refractivity (Wildman–Crippen MR) is 86.2 cm³/mol. The Morgan fingerprint density at radius 1 is 1.22 bits per heavy atom. The van der Waals surface area contributed by atoms with Gasteiger partial charge in [-0.1, -0.05) is 23.7 Å². The van der Waals surface area contributed by atoms with Crippen molar-refractivity contribution in [2.75, 3.05) is 0 Å². The first-order chi connectivity index (χ1) is 11.1. The summed E-state index contributed by atoms with van der Waals surface area (Å²) in [5.41, 5.74) is 1.78. The summed E-state index contributed by atoms with van der Waals surface area (Å²) < 4.78 is 5.13. The second-order valence-corrected chi connectivity index (χ2v) is 5.34. The number of halogens is 1. The van der Waals surface area contributed by atoms with Gasteiger partial charge in [-0.15, -0.1) is 0 Å². The van der Waals surface area contributed by atoms with E-state index in [9.17, 15) is 9.90 Å². The number of oxazole rings is 1. The second-order valence-electron chi connectivity index (χ2n) is 4.91. The Kier molecular flexibility index (Phi) is 4.30. The van der Waals surface area contributed by atoms with Crippen LogP contribution in [0.4, 0.5) is 0 Å². The molecule has 0 atom stereocenters. The number of benzene rings is 2. The first-order valence-corrected chi connectivity index (χ1v) is 7.26. The van der Waals surface area contributed by atoms with Crippen molar-refractivity contribution in [3.63, 3.8) is 0 Å². The molecule has 3 rings (SSSR count). The van der Waals surface area contributed by atoms with Gasteiger partial charge in [0.05, 0.1) is 11.8 Å². The van der Waals surface area contributed by atoms with Crippen molar-refractivity contribution < 1.29 is 14.3 Å². The van der Waals surface area contributed by atoms with Crippen molar-refractivity contribution in [1.29, 1.82) is 0 Å². The van der Waals surface area contributed by atoms with Crippen LogP contribution in [0, 0.1) is 0 Å². The summed E-state index contributed by atoms with van der Waals surface area (Å²) in [6, 6.07) is 11.8. The van der Waals surface area contributed by atoms with E-state index in [2.05, 4.69) is 10.3 Å². The highest BCUT2D eigenvalue weighted by atomic mass is 35.5. The molecule has 1 aromatic heterocycles. The maximum Gasteiger partial charge on any atom is 0.251 e. The number of carbonyl (C=O) groups is 1. The fraction of sp³-hybridized carbons (Fsp3) is 0.0588. The monoisotopic (exact) mass is 328 g/mol. The van der Waals surface area contributed by atoms with E-state index in [0.717, 1.165) is 5.56 Å². The molecule has 5 nitrogen and oxygen atoms in total. The Balaban J connectivity index is 1.70. The third-order valence-electron chi connectivity index (χ3n) is 3.32. The highest BCUT2D eigenvalue weighted by Crippen LogP contribution is 2.29. The Morgan fingerprint density at radius 3 is 2.65 bits per heavy atom. The van der Waals surface area contributed by atoms with Crippen LogP contribution in [0.5, 0.6) is 5.75 Å². The zero-order chi connectivity index (χ0) is 16.2. The molecule has 0 unspecified atom stereocenters. The van der Waals surface area contributed by atoms with Gasteiger partial charge >= 0.3 is 0 Å². The molecule has 0 fully saturated rings. The molecule has 0 aliphatic heterocycles. The van der Waals surface area contributed by atoms with Crippen LogP contribution in [-0.4, -0.2) is 16.0 Å². The summed E-state index contributed by atoms with van der Waals surface area (Å²) in [7, 11) is 0. The van der Waals surface area contributed by atoms with Crippen molar-refractivity contribution in [3.8, 4) is 17.1 Å². The minimum absolute atomic E-state index is 0.0408. The van der Waals surface area contributed by atoms with E-state index < -0.39 is 0 Å². The zero-order valence-corrected chi connectivity index (χ0v) is 12.7. The Labute approximate surface area is 137 Å². The van der Waals surface area contributed by atoms with Gasteiger partial charge in [0.15, 0.2) is 12.2 Å². The SMILES string of the molecule is O=C(NCc1ccc(Cl)cc1)c1ccc(-c2cnco2)c(O)c1. The number of amides is 1. The summed E-state index contributed by atoms with van der Waals surface area (Å²) in [5, 5.41) is 13.5. The number of aromatic hydroxyl groups is 1. The number of hydrogen-bond donors (Lipinski definition) is 2. The summed E-state index contributed by atoms with van der Waals surface area (Å²) in [6.45, 7) is 0.376. The van der Waals surface area contributed by atoms with E-state index in [4.69, 9.17) is 16.0 Å². The molecule has 2 aromatic carbocycles. The van der Waals surface area contributed by atoms with Crippen LogP contribution in [0.3, 0.4) is 0 Å². The van der Waals surface area contributed by atoms with Crippen LogP contribution in [0.25, 0.3) is 11.3 Å². The van der Waals surface area contributed by atoms with Gasteiger partial charge in [0, 0.05) is 17.1 Å². The number of nitrogens with zero attached hydrogens (tertiary/aromatic N) is 1. The molecule has 2 N–H and O–H groups in total. The normalized spacial score (nSPS) is 10.5. The molecule has 0 radical (unpaired) electrons. The van der Waals surface area contributed by atoms with Gasteiger partial charge in [-0.3, -0.25) is 4.79 Å². The highest BCUT2D eigenvalue weighted by Gasteiger charge is 2.12. The third kappa shape index (κ3) is 3.52. The molecule has 0 aliphatic carbocycles. The summed E-state index contributed by atoms with van der Waals surface area (Å²) in [6.07, 6.45) is 2.77. The van der Waals surface area contributed by atoms with E-state index in [1.165, 1.54) is 18.7 Å². The van der Waals surface area contributed by atoms with E-state index in [1.54, 1.807) is 24.3 Å². The lowest BCUT2D eigenvalue weighted by molar-refractivity contribution is 0.0950. The van der Waals surface area contributed by atoms with E-state index in [-0.39, 0.29) is 11.7 Å². The van der Waals surface area contributed by atoms with Crippen molar-refractivity contribution in [2.24, 2.45) is 0 Å². The molecular weight excluding hydrogens is 316 g/mol. The average Bonchev–Trinajstić information content (AvgIpc) is 3.08. The predicted octanol–water partition coefficient (Wildman–Crippen LogP) is 3.63. The fourth-order valence-corrected chi connectivity index (χ4v) is 2.24. The molecule has 23 heavy (non-hydrogen) atoms. The fourth-order valence-electron chi connectivity index (χ4n) is 2.12. The number of carbonyl (C=O) groups excluding carboxylic acids is 1. The topological polar surface area (TPSA) is 75.4 Å². The summed E-state index contributed by atoms with van der Waals surface area (Å²) >= 11 is 5.82. The van der Waals surface area contributed by atoms with Crippen molar-refractivity contribution >= 4 is 17.5 Å². The Morgan fingerprint density at radius 2 is 2.00 bits per heavy atom. The quantitative estimate of drug-likeness (QED) is 0.767. The second kappa shape index (κ2) is 6.54. The Bertz CT molecular complexity index is 814. The molecule has 0 spiro atoms. The molecule has 6 heteroatoms. The number of nitrogens with one attached hydrogen (secondary N) is 1. The van der Waals surface area contributed by atoms with Crippen molar-refractivity contribution in [2.45, 2.75) is 6.54 Å². The van der Waals surface area contributed by atoms with Gasteiger partial charge in [0.1, 0.15) is 5.75 Å². The van der Waals surface area contributed by atoms with Crippen LogP contribution in [-0.2, 0) is 6.54 Å². The summed E-state index contributed by atoms with van der Waals surface area (Å²) in [4.78, 5) is 16.0. The minimum Gasteiger partial charge on any atom is -0.507 e. The van der Waals surface area contributed by atoms with E-state index in [0.29, 0.717) is 28.5 Å². The van der Waals surface area contributed by atoms with Crippen LogP contribution < -0.4 is 5.32 Å². The smallest absolute Gasteiger partial charge is 0.251 e. The molecule has 1 heterocycles. The minimum atomic E-state index is -0.278. The zero-order valence-electron chi connectivity index (χ0n) is 12.0. The third-order valence-corrected chi connectivity index (χ3v) is 3.58. The molecule has 0 saturated heterocycles. The first kappa shape index (κ1) is 15.1. The number of rotatable bonds is 4. The van der Waals surface area contributed by atoms with Crippen LogP contribution in [0.1, 0.15) is 15.9 Å². The van der Waals surface area contributed by atoms with Crippen molar-refractivity contribution in [3.05, 3.63) is 71.2 Å². The number of aromatic nitrogens is 1. The number of phenols is 1. The summed E-state index contributed by atoms with van der Waals surface area (Å²) in [5.74, 6) is 0.121. The molecule has 0 bridgehead atoms. The average molecular weight is 329 g/mol. The lowest BCUT2D eigenvalue weighted by Crippen LogP contribution is -2.22. The molecule has 0 saturated carbocycles. The van der Waals surface area contributed by atoms with Gasteiger partial charge in [-0.05, 0) is 35.9 Å². The van der Waals surface area contributed by atoms with E-state index >= 15 is 0 Å². The largest absolute Gasteiger partial charge is 0.507 e. The standard InChI is InChI=1S/C17H13ClN2O3/c18-13-4-1-11(2-5-13)8-20-17(22)12-3-6-14(15(21)7-12)16-9-19-10-23-16/h1-7,9-10,21H,8H2,(H,20,22). The van der Waals surface area contributed by atoms with Crippen LogP contribution in [0.15, 0.2) is 59.5 Å². The molecular formula is C17H13ClN2O3. The van der Waals surface area contributed by atoms with Crippen molar-refractivity contribution in [1.82, 2.24) is 10.3 Å². The molecule has 0 aliphatic rings. The maximum absolute atomic E-state index is 12.2. The van der Waals surface area contributed by atoms with Crippen LogP contribution >= 0.6 is 11.6 Å². The van der Waals surface area contributed by atoms with Gasteiger partial charge in [-0.25, -0.2) is 4.98 Å². The number of phenolic OH excluding ortho intramolecular Hbond substituents is 1. The van der Waals surface area contributed by atoms with Gasteiger partial charge < -0.3 is 14.8 Å². The highest BCUT2D eigenvalue weighted by molar-refractivity contribution is 6.30. The van der Waals surface area contributed by atoms with Gasteiger partial charge in [0.2, 0.25) is 0 Å². The van der Waals surface area contributed by atoms with Crippen LogP contribution in [0.2, 0.25) is 5.02 Å². The first-order valence-electron chi connectivity index (χ1n) is 6.88. The lowest BCUT2D eigenvalue weighted by atomic mass is 10.1. The Hall–Kier alpha value is -2.79. The molecule has 116 valence electrons. The molecule has 1 amide bonds. The number of hydrogen-bond acceptors (Lipinski definition) is 4.